The van der Waals surface area contributed by atoms with Gasteiger partial charge in [-0.1, -0.05) is 25.1 Å². The molecule has 2 rings (SSSR count). The Kier molecular flexibility index (Phi) is 7.56. The van der Waals surface area contributed by atoms with E-state index in [-0.39, 0.29) is 24.8 Å². The summed E-state index contributed by atoms with van der Waals surface area (Å²) in [5.74, 6) is 0. The highest BCUT2D eigenvalue weighted by Gasteiger charge is 2.14. The number of para-hydroxylation sites is 1. The highest BCUT2D eigenvalue weighted by atomic mass is 35.5. The Bertz CT molecular complexity index is 272. The van der Waals surface area contributed by atoms with Gasteiger partial charge in [-0.2, -0.15) is 0 Å². The quantitative estimate of drug-likeness (QED) is 0.809. The van der Waals surface area contributed by atoms with Crippen LogP contribution in [0, 0.1) is 0 Å². The molecule has 0 saturated carbocycles. The predicted molar refractivity (Wildman–Crippen MR) is 75.3 cm³/mol. The molecule has 92 valence electrons. The summed E-state index contributed by atoms with van der Waals surface area (Å²) in [6.45, 7) is 8.15. The van der Waals surface area contributed by atoms with E-state index in [4.69, 9.17) is 0 Å². The van der Waals surface area contributed by atoms with Gasteiger partial charge in [0.2, 0.25) is 0 Å². The van der Waals surface area contributed by atoms with Crippen molar-refractivity contribution in [1.82, 2.24) is 4.90 Å². The van der Waals surface area contributed by atoms with Crippen LogP contribution in [-0.4, -0.2) is 37.6 Å². The van der Waals surface area contributed by atoms with E-state index in [0.717, 1.165) is 13.1 Å². The third-order valence-corrected chi connectivity index (χ3v) is 2.94. The number of hydrogen-bond acceptors (Lipinski definition) is 2. The first-order chi connectivity index (χ1) is 6.90. The lowest BCUT2D eigenvalue weighted by Gasteiger charge is -2.35. The number of piperazine rings is 1. The first kappa shape index (κ1) is 15.6. The molecule has 0 unspecified atom stereocenters. The Morgan fingerprint density at radius 3 is 2.00 bits per heavy atom. The van der Waals surface area contributed by atoms with E-state index in [0.29, 0.717) is 0 Å². The molecule has 1 aliphatic heterocycles. The summed E-state index contributed by atoms with van der Waals surface area (Å²) in [5.41, 5.74) is 1.36. The molecule has 0 aliphatic carbocycles. The number of nitrogens with zero attached hydrogens (tertiary/aromatic N) is 2. The molecule has 0 amide bonds. The maximum Gasteiger partial charge on any atom is 0.0367 e. The van der Waals surface area contributed by atoms with Crippen LogP contribution in [-0.2, 0) is 0 Å². The molecule has 1 saturated heterocycles. The molecule has 1 aromatic carbocycles. The van der Waals surface area contributed by atoms with E-state index in [1.807, 2.05) is 0 Å². The zero-order valence-corrected chi connectivity index (χ0v) is 11.3. The molecular weight excluding hydrogens is 243 g/mol. The summed E-state index contributed by atoms with van der Waals surface area (Å²) >= 11 is 0. The second kappa shape index (κ2) is 7.77. The molecule has 0 N–H and O–H groups in total. The molecule has 1 aromatic rings. The predicted octanol–water partition coefficient (Wildman–Crippen LogP) is 2.67. The summed E-state index contributed by atoms with van der Waals surface area (Å²) in [6.07, 6.45) is 0. The Hall–Kier alpha value is -0.440. The smallest absolute Gasteiger partial charge is 0.0367 e. The van der Waals surface area contributed by atoms with Gasteiger partial charge >= 0.3 is 0 Å². The fourth-order valence-electron chi connectivity index (χ4n) is 1.96. The van der Waals surface area contributed by atoms with Crippen molar-refractivity contribution >= 4 is 30.5 Å². The van der Waals surface area contributed by atoms with Gasteiger partial charge in [-0.15, -0.1) is 24.8 Å². The SMILES string of the molecule is CCN1CCN(c2ccccc2)CC1.Cl.Cl. The molecule has 0 spiro atoms. The summed E-state index contributed by atoms with van der Waals surface area (Å²) < 4.78 is 0. The largest absolute Gasteiger partial charge is 0.369 e. The number of hydrogen-bond donors (Lipinski definition) is 0. The van der Waals surface area contributed by atoms with Crippen molar-refractivity contribution in [1.29, 1.82) is 0 Å². The van der Waals surface area contributed by atoms with E-state index in [1.165, 1.54) is 25.3 Å². The number of benzene rings is 1. The number of rotatable bonds is 2. The normalized spacial score (nSPS) is 16.2. The Morgan fingerprint density at radius 1 is 0.938 bits per heavy atom. The maximum atomic E-state index is 2.50. The zero-order valence-electron chi connectivity index (χ0n) is 9.63. The molecule has 0 bridgehead atoms. The minimum Gasteiger partial charge on any atom is -0.369 e. The molecule has 4 heteroatoms. The van der Waals surface area contributed by atoms with Crippen LogP contribution in [0.1, 0.15) is 6.92 Å². The molecule has 1 fully saturated rings. The molecule has 0 aromatic heterocycles. The average molecular weight is 263 g/mol. The van der Waals surface area contributed by atoms with Gasteiger partial charge in [0, 0.05) is 31.9 Å². The Balaban J connectivity index is 0.00000112. The van der Waals surface area contributed by atoms with Crippen LogP contribution in [0.15, 0.2) is 30.3 Å². The monoisotopic (exact) mass is 262 g/mol. The lowest BCUT2D eigenvalue weighted by Crippen LogP contribution is -2.46. The van der Waals surface area contributed by atoms with E-state index in [2.05, 4.69) is 47.1 Å². The number of anilines is 1. The fourth-order valence-corrected chi connectivity index (χ4v) is 1.96. The zero-order chi connectivity index (χ0) is 9.80. The van der Waals surface area contributed by atoms with Gasteiger partial charge in [0.25, 0.3) is 0 Å². The topological polar surface area (TPSA) is 6.48 Å². The van der Waals surface area contributed by atoms with Crippen LogP contribution in [0.4, 0.5) is 5.69 Å². The first-order valence-electron chi connectivity index (χ1n) is 5.42. The van der Waals surface area contributed by atoms with Crippen molar-refractivity contribution in [2.45, 2.75) is 6.92 Å². The lowest BCUT2D eigenvalue weighted by molar-refractivity contribution is 0.271. The highest BCUT2D eigenvalue weighted by molar-refractivity contribution is 5.85. The van der Waals surface area contributed by atoms with Gasteiger partial charge in [-0.25, -0.2) is 0 Å². The van der Waals surface area contributed by atoms with Gasteiger partial charge in [0.05, 0.1) is 0 Å². The van der Waals surface area contributed by atoms with E-state index < -0.39 is 0 Å². The van der Waals surface area contributed by atoms with Gasteiger partial charge in [0.15, 0.2) is 0 Å². The molecule has 0 atom stereocenters. The van der Waals surface area contributed by atoms with Crippen molar-refractivity contribution in [3.05, 3.63) is 30.3 Å². The van der Waals surface area contributed by atoms with E-state index >= 15 is 0 Å². The Labute approximate surface area is 110 Å². The second-order valence-corrected chi connectivity index (χ2v) is 3.76. The highest BCUT2D eigenvalue weighted by Crippen LogP contribution is 2.14. The van der Waals surface area contributed by atoms with E-state index in [1.54, 1.807) is 0 Å². The molecule has 1 aliphatic rings. The molecule has 0 radical (unpaired) electrons. The summed E-state index contributed by atoms with van der Waals surface area (Å²) in [4.78, 5) is 4.96. The third kappa shape index (κ3) is 3.85. The van der Waals surface area contributed by atoms with Crippen LogP contribution >= 0.6 is 24.8 Å². The number of halogens is 2. The van der Waals surface area contributed by atoms with Crippen LogP contribution < -0.4 is 4.90 Å². The minimum atomic E-state index is 0. The standard InChI is InChI=1S/C12H18N2.2ClH/c1-2-13-8-10-14(11-9-13)12-6-4-3-5-7-12;;/h3-7H,2,8-11H2,1H3;2*1H. The van der Waals surface area contributed by atoms with Crippen molar-refractivity contribution < 1.29 is 0 Å². The Morgan fingerprint density at radius 2 is 1.50 bits per heavy atom. The second-order valence-electron chi connectivity index (χ2n) is 3.76. The van der Waals surface area contributed by atoms with Crippen LogP contribution in [0.5, 0.6) is 0 Å². The fraction of sp³-hybridized carbons (Fsp3) is 0.500. The first-order valence-corrected chi connectivity index (χ1v) is 5.42. The molecular formula is C12H20Cl2N2. The molecule has 1 heterocycles. The van der Waals surface area contributed by atoms with Gasteiger partial charge in [-0.05, 0) is 18.7 Å². The lowest BCUT2D eigenvalue weighted by atomic mass is 10.2. The van der Waals surface area contributed by atoms with Gasteiger partial charge in [-0.3, -0.25) is 0 Å². The van der Waals surface area contributed by atoms with Crippen molar-refractivity contribution in [2.75, 3.05) is 37.6 Å². The minimum absolute atomic E-state index is 0. The van der Waals surface area contributed by atoms with Crippen LogP contribution in [0.2, 0.25) is 0 Å². The van der Waals surface area contributed by atoms with Crippen LogP contribution in [0.3, 0.4) is 0 Å². The third-order valence-electron chi connectivity index (χ3n) is 2.94. The molecule has 2 nitrogen and oxygen atoms in total. The number of likely N-dealkylation sites (N-methyl/N-ethyl adjacent to an activating group) is 1. The molecule has 16 heavy (non-hydrogen) atoms. The van der Waals surface area contributed by atoms with Gasteiger partial charge in [0.1, 0.15) is 0 Å². The van der Waals surface area contributed by atoms with Crippen molar-refractivity contribution in [2.24, 2.45) is 0 Å². The van der Waals surface area contributed by atoms with Gasteiger partial charge < -0.3 is 9.80 Å². The average Bonchev–Trinajstić information content (AvgIpc) is 2.30. The maximum absolute atomic E-state index is 2.50. The van der Waals surface area contributed by atoms with Crippen molar-refractivity contribution in [3.63, 3.8) is 0 Å². The van der Waals surface area contributed by atoms with Crippen molar-refractivity contribution in [3.8, 4) is 0 Å². The summed E-state index contributed by atoms with van der Waals surface area (Å²) in [7, 11) is 0. The van der Waals surface area contributed by atoms with Crippen LogP contribution in [0.25, 0.3) is 0 Å². The summed E-state index contributed by atoms with van der Waals surface area (Å²) in [5, 5.41) is 0. The summed E-state index contributed by atoms with van der Waals surface area (Å²) in [6, 6.07) is 10.7. The van der Waals surface area contributed by atoms with E-state index in [9.17, 15) is 0 Å².